The molecule has 1 amide bonds. The molecule has 2 aromatic heterocycles. The van der Waals surface area contributed by atoms with Crippen molar-refractivity contribution in [2.24, 2.45) is 0 Å². The summed E-state index contributed by atoms with van der Waals surface area (Å²) < 4.78 is 2.01. The SMILES string of the molecule is CCn1c(CSc2nc(C)cc(C)n2)nnc1SCC(=O)Nc1c(C)cc(C)cc1Cl. The molecule has 10 heteroatoms. The Bertz CT molecular complexity index is 1060. The highest BCUT2D eigenvalue weighted by Gasteiger charge is 2.15. The van der Waals surface area contributed by atoms with Crippen molar-refractivity contribution in [1.82, 2.24) is 24.7 Å². The van der Waals surface area contributed by atoms with E-state index in [1.807, 2.05) is 57.4 Å². The third-order valence-electron chi connectivity index (χ3n) is 4.43. The molecule has 31 heavy (non-hydrogen) atoms. The van der Waals surface area contributed by atoms with Crippen molar-refractivity contribution in [2.45, 2.75) is 57.2 Å². The maximum absolute atomic E-state index is 12.5. The molecule has 0 aliphatic rings. The van der Waals surface area contributed by atoms with Crippen molar-refractivity contribution in [3.63, 3.8) is 0 Å². The van der Waals surface area contributed by atoms with Crippen molar-refractivity contribution < 1.29 is 4.79 Å². The quantitative estimate of drug-likeness (QED) is 0.361. The van der Waals surface area contributed by atoms with E-state index in [2.05, 4.69) is 25.5 Å². The number of anilines is 1. The summed E-state index contributed by atoms with van der Waals surface area (Å²) in [6.07, 6.45) is 0. The minimum Gasteiger partial charge on any atom is -0.324 e. The number of halogens is 1. The zero-order valence-electron chi connectivity index (χ0n) is 18.2. The summed E-state index contributed by atoms with van der Waals surface area (Å²) >= 11 is 9.17. The average Bonchev–Trinajstić information content (AvgIpc) is 3.08. The van der Waals surface area contributed by atoms with E-state index in [1.54, 1.807) is 0 Å². The van der Waals surface area contributed by atoms with Gasteiger partial charge in [-0.05, 0) is 57.9 Å². The van der Waals surface area contributed by atoms with Crippen molar-refractivity contribution in [3.05, 3.63) is 51.6 Å². The van der Waals surface area contributed by atoms with Crippen LogP contribution in [0.3, 0.4) is 0 Å². The number of aromatic nitrogens is 5. The molecule has 0 saturated carbocycles. The highest BCUT2D eigenvalue weighted by molar-refractivity contribution is 7.99. The number of aryl methyl sites for hydroxylation is 4. The summed E-state index contributed by atoms with van der Waals surface area (Å²) in [7, 11) is 0. The third-order valence-corrected chi connectivity index (χ3v) is 6.54. The molecule has 0 spiro atoms. The lowest BCUT2D eigenvalue weighted by atomic mass is 10.1. The second kappa shape index (κ2) is 10.5. The van der Waals surface area contributed by atoms with Gasteiger partial charge in [0.2, 0.25) is 5.91 Å². The van der Waals surface area contributed by atoms with Gasteiger partial charge in [0.1, 0.15) is 5.82 Å². The van der Waals surface area contributed by atoms with E-state index in [0.29, 0.717) is 28.2 Å². The first-order valence-electron chi connectivity index (χ1n) is 9.83. The van der Waals surface area contributed by atoms with Gasteiger partial charge in [0.25, 0.3) is 0 Å². The Morgan fingerprint density at radius 2 is 1.77 bits per heavy atom. The Labute approximate surface area is 195 Å². The van der Waals surface area contributed by atoms with Crippen LogP contribution in [0, 0.1) is 27.7 Å². The predicted molar refractivity (Wildman–Crippen MR) is 127 cm³/mol. The molecular weight excluding hydrogens is 452 g/mol. The number of hydrogen-bond donors (Lipinski definition) is 1. The number of amides is 1. The van der Waals surface area contributed by atoms with Gasteiger partial charge in [-0.15, -0.1) is 10.2 Å². The van der Waals surface area contributed by atoms with E-state index in [9.17, 15) is 4.79 Å². The molecule has 7 nitrogen and oxygen atoms in total. The number of thioether (sulfide) groups is 2. The van der Waals surface area contributed by atoms with Gasteiger partial charge in [-0.2, -0.15) is 0 Å². The fraction of sp³-hybridized carbons (Fsp3) is 0.381. The van der Waals surface area contributed by atoms with E-state index < -0.39 is 0 Å². The smallest absolute Gasteiger partial charge is 0.234 e. The number of benzene rings is 1. The van der Waals surface area contributed by atoms with Gasteiger partial charge < -0.3 is 9.88 Å². The van der Waals surface area contributed by atoms with Crippen LogP contribution < -0.4 is 5.32 Å². The number of hydrogen-bond acceptors (Lipinski definition) is 7. The fourth-order valence-corrected chi connectivity index (χ4v) is 5.20. The Balaban J connectivity index is 1.62. The van der Waals surface area contributed by atoms with Crippen molar-refractivity contribution >= 4 is 46.7 Å². The molecule has 0 bridgehead atoms. The summed E-state index contributed by atoms with van der Waals surface area (Å²) in [5.74, 6) is 1.52. The first kappa shape index (κ1) is 23.6. The van der Waals surface area contributed by atoms with Crippen LogP contribution in [-0.4, -0.2) is 36.4 Å². The van der Waals surface area contributed by atoms with E-state index in [4.69, 9.17) is 11.6 Å². The number of carbonyl (C=O) groups excluding carboxylic acids is 1. The lowest BCUT2D eigenvalue weighted by Crippen LogP contribution is -2.16. The maximum atomic E-state index is 12.5. The van der Waals surface area contributed by atoms with Gasteiger partial charge in [0, 0.05) is 17.9 Å². The summed E-state index contributed by atoms with van der Waals surface area (Å²) in [5.41, 5.74) is 4.53. The van der Waals surface area contributed by atoms with Gasteiger partial charge in [-0.3, -0.25) is 4.79 Å². The molecule has 0 radical (unpaired) electrons. The fourth-order valence-electron chi connectivity index (χ4n) is 3.12. The van der Waals surface area contributed by atoms with E-state index in [0.717, 1.165) is 33.5 Å². The van der Waals surface area contributed by atoms with E-state index in [1.165, 1.54) is 23.5 Å². The number of nitrogens with zero attached hydrogens (tertiary/aromatic N) is 5. The van der Waals surface area contributed by atoms with Crippen LogP contribution in [0.5, 0.6) is 0 Å². The Kier molecular flexibility index (Phi) is 7.96. The molecular formula is C21H25ClN6OS2. The highest BCUT2D eigenvalue weighted by atomic mass is 35.5. The zero-order chi connectivity index (χ0) is 22.5. The third kappa shape index (κ3) is 6.21. The second-order valence-electron chi connectivity index (χ2n) is 7.14. The van der Waals surface area contributed by atoms with E-state index in [-0.39, 0.29) is 11.7 Å². The number of rotatable bonds is 8. The predicted octanol–water partition coefficient (Wildman–Crippen LogP) is 5.00. The Morgan fingerprint density at radius 1 is 1.06 bits per heavy atom. The molecule has 2 heterocycles. The average molecular weight is 477 g/mol. The number of nitrogens with one attached hydrogen (secondary N) is 1. The molecule has 0 unspecified atom stereocenters. The van der Waals surface area contributed by atoms with Crippen LogP contribution >= 0.6 is 35.1 Å². The van der Waals surface area contributed by atoms with Crippen LogP contribution in [0.15, 0.2) is 28.5 Å². The summed E-state index contributed by atoms with van der Waals surface area (Å²) in [6.45, 7) is 10.6. The van der Waals surface area contributed by atoms with Crippen LogP contribution in [0.25, 0.3) is 0 Å². The van der Waals surface area contributed by atoms with Crippen LogP contribution in [0.1, 0.15) is 35.3 Å². The highest BCUT2D eigenvalue weighted by Crippen LogP contribution is 2.28. The second-order valence-corrected chi connectivity index (χ2v) is 9.43. The topological polar surface area (TPSA) is 85.6 Å². The molecule has 1 N–H and O–H groups in total. The van der Waals surface area contributed by atoms with Crippen molar-refractivity contribution in [1.29, 1.82) is 0 Å². The molecule has 1 aromatic carbocycles. The Morgan fingerprint density at radius 3 is 2.42 bits per heavy atom. The molecule has 0 saturated heterocycles. The number of carbonyl (C=O) groups is 1. The van der Waals surface area contributed by atoms with Gasteiger partial charge in [-0.1, -0.05) is 41.2 Å². The van der Waals surface area contributed by atoms with Gasteiger partial charge in [0.05, 0.1) is 22.2 Å². The molecule has 0 aliphatic carbocycles. The molecule has 164 valence electrons. The lowest BCUT2D eigenvalue weighted by molar-refractivity contribution is -0.113. The minimum atomic E-state index is -0.135. The molecule has 3 rings (SSSR count). The van der Waals surface area contributed by atoms with Crippen LogP contribution in [0.4, 0.5) is 5.69 Å². The first-order valence-corrected chi connectivity index (χ1v) is 12.2. The molecule has 0 fully saturated rings. The summed E-state index contributed by atoms with van der Waals surface area (Å²) in [6, 6.07) is 5.78. The van der Waals surface area contributed by atoms with Crippen LogP contribution in [0.2, 0.25) is 5.02 Å². The standard InChI is InChI=1S/C21H25ClN6OS2/c1-6-28-17(10-30-20-23-14(4)9-15(5)24-20)26-27-21(28)31-11-18(29)25-19-13(3)7-12(2)8-16(19)22/h7-9H,6,10-11H2,1-5H3,(H,25,29). The maximum Gasteiger partial charge on any atom is 0.234 e. The van der Waals surface area contributed by atoms with Crippen molar-refractivity contribution in [3.8, 4) is 0 Å². The summed E-state index contributed by atoms with van der Waals surface area (Å²) in [4.78, 5) is 21.4. The zero-order valence-corrected chi connectivity index (χ0v) is 20.6. The normalized spacial score (nSPS) is 11.0. The van der Waals surface area contributed by atoms with Crippen LogP contribution in [-0.2, 0) is 17.1 Å². The molecule has 0 aliphatic heterocycles. The van der Waals surface area contributed by atoms with Crippen molar-refractivity contribution in [2.75, 3.05) is 11.1 Å². The van der Waals surface area contributed by atoms with Gasteiger partial charge in [0.15, 0.2) is 10.3 Å². The first-order chi connectivity index (χ1) is 14.8. The molecule has 0 atom stereocenters. The lowest BCUT2D eigenvalue weighted by Gasteiger charge is -2.11. The molecule has 3 aromatic rings. The largest absolute Gasteiger partial charge is 0.324 e. The Hall–Kier alpha value is -2.10. The van der Waals surface area contributed by atoms with Gasteiger partial charge in [-0.25, -0.2) is 9.97 Å². The van der Waals surface area contributed by atoms with Gasteiger partial charge >= 0.3 is 0 Å². The summed E-state index contributed by atoms with van der Waals surface area (Å²) in [5, 5.41) is 13.5. The monoisotopic (exact) mass is 476 g/mol. The minimum absolute atomic E-state index is 0.135. The van der Waals surface area contributed by atoms with E-state index >= 15 is 0 Å².